The zero-order chi connectivity index (χ0) is 35.5. The van der Waals surface area contributed by atoms with Gasteiger partial charge in [0.1, 0.15) is 18.4 Å². The van der Waals surface area contributed by atoms with Crippen molar-refractivity contribution in [2.75, 3.05) is 13.2 Å². The number of halogens is 4. The number of Topliss-reactive ketones (excluding diaryl/α,β-unsaturated/α-hetero) is 1. The van der Waals surface area contributed by atoms with E-state index in [1.54, 1.807) is 13.8 Å². The van der Waals surface area contributed by atoms with Crippen LogP contribution in [0.25, 0.3) is 0 Å². The number of carbonyl (C=O) groups is 3. The fourth-order valence-corrected chi connectivity index (χ4v) is 5.59. The van der Waals surface area contributed by atoms with Crippen LogP contribution in [0, 0.1) is 29.2 Å². The number of hydrogen-bond acceptors (Lipinski definition) is 6. The van der Waals surface area contributed by atoms with Crippen LogP contribution in [-0.4, -0.2) is 48.1 Å². The molecule has 0 saturated carbocycles. The summed E-state index contributed by atoms with van der Waals surface area (Å²) in [5, 5.41) is 15.4. The molecule has 1 aliphatic heterocycles. The van der Waals surface area contributed by atoms with E-state index in [2.05, 4.69) is 70.4 Å². The van der Waals surface area contributed by atoms with Crippen LogP contribution in [-0.2, 0) is 35.7 Å². The summed E-state index contributed by atoms with van der Waals surface area (Å²) >= 11 is 0. The fourth-order valence-electron chi connectivity index (χ4n) is 5.59. The van der Waals surface area contributed by atoms with Crippen LogP contribution in [0.3, 0.4) is 0 Å². The van der Waals surface area contributed by atoms with Gasteiger partial charge < -0.3 is 19.9 Å². The SMILES string of the molecule is CC(C)[C@H](NC1(c2cc(C(C)(C)C)ccc2C(C)(C)C)CCCCO1)C(=O)N[C@@H](CC(=O)O)C(=O)COc1c(F)c(F)cc(F)c1F. The molecule has 1 unspecified atom stereocenters. The molecule has 2 aromatic rings. The van der Waals surface area contributed by atoms with Crippen LogP contribution >= 0.6 is 0 Å². The normalized spacial score (nSPS) is 18.5. The van der Waals surface area contributed by atoms with E-state index < -0.39 is 77.5 Å². The van der Waals surface area contributed by atoms with Gasteiger partial charge in [0.15, 0.2) is 23.2 Å². The van der Waals surface area contributed by atoms with Crippen molar-refractivity contribution in [2.45, 2.75) is 110 Å². The van der Waals surface area contributed by atoms with E-state index in [0.29, 0.717) is 13.0 Å². The number of rotatable bonds is 12. The summed E-state index contributed by atoms with van der Waals surface area (Å²) in [5.41, 5.74) is 1.39. The van der Waals surface area contributed by atoms with Gasteiger partial charge in [-0.3, -0.25) is 19.7 Å². The number of hydrogen-bond donors (Lipinski definition) is 3. The molecule has 1 heterocycles. The highest BCUT2D eigenvalue weighted by Crippen LogP contribution is 2.41. The van der Waals surface area contributed by atoms with E-state index in [0.717, 1.165) is 29.5 Å². The van der Waals surface area contributed by atoms with Gasteiger partial charge in [-0.25, -0.2) is 8.78 Å². The first-order valence-corrected chi connectivity index (χ1v) is 15.8. The number of benzene rings is 2. The molecule has 47 heavy (non-hydrogen) atoms. The second-order valence-electron chi connectivity index (χ2n) is 14.5. The van der Waals surface area contributed by atoms with Gasteiger partial charge in [-0.1, -0.05) is 73.6 Å². The Labute approximate surface area is 273 Å². The fraction of sp³-hybridized carbons (Fsp3) is 0.571. The lowest BCUT2D eigenvalue weighted by Crippen LogP contribution is -2.60. The number of nitrogens with one attached hydrogen (secondary N) is 2. The molecule has 1 amide bonds. The predicted molar refractivity (Wildman–Crippen MR) is 168 cm³/mol. The minimum Gasteiger partial charge on any atom is -0.481 e. The number of carboxylic acid groups (broad SMARTS) is 1. The van der Waals surface area contributed by atoms with Gasteiger partial charge in [0.2, 0.25) is 17.5 Å². The summed E-state index contributed by atoms with van der Waals surface area (Å²) in [7, 11) is 0. The summed E-state index contributed by atoms with van der Waals surface area (Å²) in [4.78, 5) is 38.6. The average Bonchev–Trinajstić information content (AvgIpc) is 2.97. The van der Waals surface area contributed by atoms with Crippen molar-refractivity contribution < 1.29 is 46.5 Å². The van der Waals surface area contributed by atoms with E-state index in [9.17, 15) is 37.1 Å². The van der Waals surface area contributed by atoms with Crippen molar-refractivity contribution in [3.8, 4) is 5.75 Å². The Morgan fingerprint density at radius 1 is 0.957 bits per heavy atom. The Kier molecular flexibility index (Phi) is 11.9. The molecule has 0 spiro atoms. The minimum absolute atomic E-state index is 0.0154. The van der Waals surface area contributed by atoms with E-state index in [1.807, 2.05) is 0 Å². The van der Waals surface area contributed by atoms with Gasteiger partial charge in [-0.15, -0.1) is 0 Å². The van der Waals surface area contributed by atoms with Crippen molar-refractivity contribution in [2.24, 2.45) is 5.92 Å². The highest BCUT2D eigenvalue weighted by Gasteiger charge is 2.43. The first-order chi connectivity index (χ1) is 21.7. The zero-order valence-electron chi connectivity index (χ0n) is 28.3. The summed E-state index contributed by atoms with van der Waals surface area (Å²) < 4.78 is 66.7. The zero-order valence-corrected chi connectivity index (χ0v) is 28.3. The lowest BCUT2D eigenvalue weighted by atomic mass is 9.75. The quantitative estimate of drug-likeness (QED) is 0.177. The molecule has 12 heteroatoms. The second-order valence-corrected chi connectivity index (χ2v) is 14.5. The Morgan fingerprint density at radius 2 is 1.57 bits per heavy atom. The standard InChI is InChI=1S/C35H46F4N2O6/c1-19(2)30(32(45)40-25(17-27(43)44)26(42)18-46-31-28(38)23(36)16-24(37)29(31)39)41-35(13-9-10-14-47-35)22-15-20(33(3,4)5)11-12-21(22)34(6,7)8/h11-12,15-16,19,25,30,41H,9-10,13-14,17-18H2,1-8H3,(H,40,45)(H,43,44)/t25-,30-,35?/m0/s1. The van der Waals surface area contributed by atoms with E-state index in [4.69, 9.17) is 9.47 Å². The molecule has 260 valence electrons. The predicted octanol–water partition coefficient (Wildman–Crippen LogP) is 6.41. The van der Waals surface area contributed by atoms with Gasteiger partial charge in [0.25, 0.3) is 0 Å². The highest BCUT2D eigenvalue weighted by molar-refractivity contribution is 5.94. The molecule has 0 radical (unpaired) electrons. The van der Waals surface area contributed by atoms with Crippen LogP contribution < -0.4 is 15.4 Å². The van der Waals surface area contributed by atoms with Gasteiger partial charge >= 0.3 is 5.97 Å². The number of ketones is 1. The molecule has 0 bridgehead atoms. The maximum atomic E-state index is 14.1. The van der Waals surface area contributed by atoms with Crippen LogP contribution in [0.15, 0.2) is 24.3 Å². The second kappa shape index (κ2) is 14.7. The van der Waals surface area contributed by atoms with Crippen LogP contribution in [0.4, 0.5) is 17.6 Å². The maximum Gasteiger partial charge on any atom is 0.305 e. The third kappa shape index (κ3) is 9.10. The molecule has 8 nitrogen and oxygen atoms in total. The van der Waals surface area contributed by atoms with Gasteiger partial charge in [-0.2, -0.15) is 8.78 Å². The molecule has 3 rings (SSSR count). The van der Waals surface area contributed by atoms with Crippen molar-refractivity contribution in [3.63, 3.8) is 0 Å². The molecular formula is C35H46F4N2O6. The molecule has 3 N–H and O–H groups in total. The lowest BCUT2D eigenvalue weighted by Gasteiger charge is -2.44. The maximum absolute atomic E-state index is 14.1. The topological polar surface area (TPSA) is 114 Å². The van der Waals surface area contributed by atoms with E-state index >= 15 is 0 Å². The Balaban J connectivity index is 1.97. The lowest BCUT2D eigenvalue weighted by molar-refractivity contribution is -0.143. The first kappa shape index (κ1) is 37.9. The number of ether oxygens (including phenoxy) is 2. The van der Waals surface area contributed by atoms with Crippen molar-refractivity contribution in [3.05, 3.63) is 64.2 Å². The molecule has 1 fully saturated rings. The van der Waals surface area contributed by atoms with E-state index in [1.165, 1.54) is 0 Å². The summed E-state index contributed by atoms with van der Waals surface area (Å²) in [5.74, 6) is -12.3. The third-order valence-corrected chi connectivity index (χ3v) is 8.25. The molecule has 2 aromatic carbocycles. The van der Waals surface area contributed by atoms with Crippen LogP contribution in [0.1, 0.15) is 97.8 Å². The Bertz CT molecular complexity index is 1450. The van der Waals surface area contributed by atoms with Gasteiger partial charge in [0.05, 0.1) is 12.5 Å². The largest absolute Gasteiger partial charge is 0.481 e. The molecule has 0 aromatic heterocycles. The molecule has 1 saturated heterocycles. The van der Waals surface area contributed by atoms with Gasteiger partial charge in [-0.05, 0) is 47.1 Å². The molecule has 1 aliphatic rings. The van der Waals surface area contributed by atoms with Crippen LogP contribution in [0.5, 0.6) is 5.75 Å². The molecular weight excluding hydrogens is 620 g/mol. The average molecular weight is 667 g/mol. The Hall–Kier alpha value is -3.51. The van der Waals surface area contributed by atoms with Crippen molar-refractivity contribution in [1.29, 1.82) is 0 Å². The van der Waals surface area contributed by atoms with Crippen molar-refractivity contribution in [1.82, 2.24) is 10.6 Å². The van der Waals surface area contributed by atoms with Gasteiger partial charge in [0, 0.05) is 18.2 Å². The number of amides is 1. The number of carboxylic acids is 1. The third-order valence-electron chi connectivity index (χ3n) is 8.25. The molecule has 0 aliphatic carbocycles. The monoisotopic (exact) mass is 666 g/mol. The highest BCUT2D eigenvalue weighted by atomic mass is 19.2. The number of aliphatic carboxylic acids is 1. The molecule has 3 atom stereocenters. The smallest absolute Gasteiger partial charge is 0.305 e. The Morgan fingerprint density at radius 3 is 2.06 bits per heavy atom. The summed E-state index contributed by atoms with van der Waals surface area (Å²) in [6.07, 6.45) is 1.27. The minimum atomic E-state index is -1.86. The number of carbonyl (C=O) groups excluding carboxylic acids is 2. The van der Waals surface area contributed by atoms with E-state index in [-0.39, 0.29) is 22.8 Å². The summed E-state index contributed by atoms with van der Waals surface area (Å²) in [6, 6.07) is 3.59. The summed E-state index contributed by atoms with van der Waals surface area (Å²) in [6.45, 7) is 15.4. The van der Waals surface area contributed by atoms with Crippen LogP contribution in [0.2, 0.25) is 0 Å². The van der Waals surface area contributed by atoms with Crippen molar-refractivity contribution >= 4 is 17.7 Å². The first-order valence-electron chi connectivity index (χ1n) is 15.8.